The summed E-state index contributed by atoms with van der Waals surface area (Å²) >= 11 is 0. The third-order valence-corrected chi connectivity index (χ3v) is 4.51. The zero-order valence-corrected chi connectivity index (χ0v) is 11.2. The van der Waals surface area contributed by atoms with Crippen LogP contribution in [0.15, 0.2) is 0 Å². The standard InChI is InChI=1S/C14H22N2O3/c17-13(18)10-3-4-11(7-10)15-14(19)16(12-5-6-12)8-9-1-2-9/h9-12H,1-8H2,(H,15,19)(H,17,18)/t10-,11+/m1/s1. The maximum atomic E-state index is 12.3. The Morgan fingerprint density at radius 3 is 2.37 bits per heavy atom. The summed E-state index contributed by atoms with van der Waals surface area (Å²) < 4.78 is 0. The Bertz CT molecular complexity index is 377. The van der Waals surface area contributed by atoms with Gasteiger partial charge < -0.3 is 15.3 Å². The number of carboxylic acid groups (broad SMARTS) is 1. The number of carbonyl (C=O) groups excluding carboxylic acids is 1. The van der Waals surface area contributed by atoms with E-state index in [0.717, 1.165) is 25.8 Å². The highest BCUT2D eigenvalue weighted by Gasteiger charge is 2.38. The Morgan fingerprint density at radius 2 is 1.84 bits per heavy atom. The SMILES string of the molecule is O=C(O)[C@@H]1CC[C@H](NC(=O)N(CC2CC2)C2CC2)C1. The van der Waals surface area contributed by atoms with Gasteiger partial charge in [0, 0.05) is 18.6 Å². The number of nitrogens with zero attached hydrogens (tertiary/aromatic N) is 1. The lowest BCUT2D eigenvalue weighted by Gasteiger charge is -2.25. The van der Waals surface area contributed by atoms with Gasteiger partial charge in [-0.2, -0.15) is 0 Å². The van der Waals surface area contributed by atoms with Gasteiger partial charge in [-0.25, -0.2) is 4.79 Å². The zero-order valence-electron chi connectivity index (χ0n) is 11.2. The minimum Gasteiger partial charge on any atom is -0.481 e. The maximum absolute atomic E-state index is 12.3. The molecule has 0 spiro atoms. The largest absolute Gasteiger partial charge is 0.481 e. The fraction of sp³-hybridized carbons (Fsp3) is 0.857. The van der Waals surface area contributed by atoms with E-state index >= 15 is 0 Å². The second-order valence-electron chi connectivity index (χ2n) is 6.32. The second-order valence-corrected chi connectivity index (χ2v) is 6.32. The van der Waals surface area contributed by atoms with Crippen LogP contribution >= 0.6 is 0 Å². The van der Waals surface area contributed by atoms with Gasteiger partial charge in [-0.15, -0.1) is 0 Å². The lowest BCUT2D eigenvalue weighted by atomic mass is 10.1. The van der Waals surface area contributed by atoms with Gasteiger partial charge >= 0.3 is 12.0 Å². The van der Waals surface area contributed by atoms with Gasteiger partial charge in [0.2, 0.25) is 0 Å². The fourth-order valence-electron chi connectivity index (χ4n) is 2.96. The quantitative estimate of drug-likeness (QED) is 0.797. The van der Waals surface area contributed by atoms with Crippen LogP contribution in [0.3, 0.4) is 0 Å². The molecule has 0 aromatic carbocycles. The Morgan fingerprint density at radius 1 is 1.11 bits per heavy atom. The molecule has 0 unspecified atom stereocenters. The molecule has 0 heterocycles. The molecule has 2 N–H and O–H groups in total. The maximum Gasteiger partial charge on any atom is 0.317 e. The summed E-state index contributed by atoms with van der Waals surface area (Å²) in [5.41, 5.74) is 0. The molecule has 3 saturated carbocycles. The summed E-state index contributed by atoms with van der Waals surface area (Å²) in [6.45, 7) is 0.894. The van der Waals surface area contributed by atoms with Crippen molar-refractivity contribution in [1.82, 2.24) is 10.2 Å². The highest BCUT2D eigenvalue weighted by atomic mass is 16.4. The molecule has 3 aliphatic rings. The first-order valence-electron chi connectivity index (χ1n) is 7.43. The smallest absolute Gasteiger partial charge is 0.317 e. The normalized spacial score (nSPS) is 30.1. The van der Waals surface area contributed by atoms with E-state index in [2.05, 4.69) is 5.32 Å². The van der Waals surface area contributed by atoms with E-state index < -0.39 is 5.97 Å². The predicted molar refractivity (Wildman–Crippen MR) is 69.7 cm³/mol. The van der Waals surface area contributed by atoms with Crippen LogP contribution in [0.4, 0.5) is 4.79 Å². The lowest BCUT2D eigenvalue weighted by Crippen LogP contribution is -2.46. The van der Waals surface area contributed by atoms with E-state index in [4.69, 9.17) is 5.11 Å². The summed E-state index contributed by atoms with van der Waals surface area (Å²) in [6, 6.07) is 0.525. The first kappa shape index (κ1) is 12.8. The fourth-order valence-corrected chi connectivity index (χ4v) is 2.96. The highest BCUT2D eigenvalue weighted by Crippen LogP contribution is 2.35. The van der Waals surface area contributed by atoms with Crippen LogP contribution in [0.1, 0.15) is 44.9 Å². The molecule has 5 heteroatoms. The summed E-state index contributed by atoms with van der Waals surface area (Å²) in [4.78, 5) is 25.2. The molecule has 3 rings (SSSR count). The summed E-state index contributed by atoms with van der Waals surface area (Å²) in [6.07, 6.45) is 6.83. The summed E-state index contributed by atoms with van der Waals surface area (Å²) in [5.74, 6) is -0.293. The molecule has 19 heavy (non-hydrogen) atoms. The molecule has 5 nitrogen and oxygen atoms in total. The van der Waals surface area contributed by atoms with Crippen LogP contribution in [-0.4, -0.2) is 40.6 Å². The van der Waals surface area contributed by atoms with Crippen molar-refractivity contribution in [1.29, 1.82) is 0 Å². The molecule has 2 atom stereocenters. The molecular weight excluding hydrogens is 244 g/mol. The van der Waals surface area contributed by atoms with Crippen LogP contribution in [-0.2, 0) is 4.79 Å². The molecule has 0 aliphatic heterocycles. The first-order chi connectivity index (χ1) is 9.13. The van der Waals surface area contributed by atoms with Gasteiger partial charge in [0.05, 0.1) is 5.92 Å². The molecule has 0 aromatic heterocycles. The third kappa shape index (κ3) is 3.19. The molecule has 106 valence electrons. The lowest BCUT2D eigenvalue weighted by molar-refractivity contribution is -0.141. The predicted octanol–water partition coefficient (Wildman–Crippen LogP) is 1.82. The summed E-state index contributed by atoms with van der Waals surface area (Å²) in [5, 5.41) is 12.0. The van der Waals surface area contributed by atoms with E-state index in [9.17, 15) is 9.59 Å². The van der Waals surface area contributed by atoms with Crippen molar-refractivity contribution in [3.05, 3.63) is 0 Å². The molecule has 0 bridgehead atoms. The molecule has 0 radical (unpaired) electrons. The Hall–Kier alpha value is -1.26. The van der Waals surface area contributed by atoms with Crippen molar-refractivity contribution in [3.63, 3.8) is 0 Å². The molecule has 0 aromatic rings. The minimum absolute atomic E-state index is 0.0328. The van der Waals surface area contributed by atoms with Crippen molar-refractivity contribution in [3.8, 4) is 0 Å². The number of amides is 2. The Kier molecular flexibility index (Phi) is 3.37. The number of carbonyl (C=O) groups is 2. The van der Waals surface area contributed by atoms with Crippen molar-refractivity contribution in [2.75, 3.05) is 6.54 Å². The van der Waals surface area contributed by atoms with Crippen LogP contribution in [0.5, 0.6) is 0 Å². The second kappa shape index (κ2) is 5.02. The number of aliphatic carboxylic acids is 1. The highest BCUT2D eigenvalue weighted by molar-refractivity contribution is 5.76. The van der Waals surface area contributed by atoms with Crippen molar-refractivity contribution in [2.45, 2.75) is 57.0 Å². The average Bonchev–Trinajstić information content (AvgIpc) is 3.26. The first-order valence-corrected chi connectivity index (χ1v) is 7.43. The number of carboxylic acids is 1. The Labute approximate surface area is 113 Å². The van der Waals surface area contributed by atoms with E-state index in [1.807, 2.05) is 4.90 Å². The van der Waals surface area contributed by atoms with Crippen molar-refractivity contribution >= 4 is 12.0 Å². The van der Waals surface area contributed by atoms with Crippen molar-refractivity contribution < 1.29 is 14.7 Å². The van der Waals surface area contributed by atoms with Gasteiger partial charge in [0.15, 0.2) is 0 Å². The molecule has 0 saturated heterocycles. The van der Waals surface area contributed by atoms with E-state index in [1.165, 1.54) is 12.8 Å². The van der Waals surface area contributed by atoms with Crippen LogP contribution < -0.4 is 5.32 Å². The Balaban J connectivity index is 1.50. The van der Waals surface area contributed by atoms with E-state index in [-0.39, 0.29) is 18.0 Å². The van der Waals surface area contributed by atoms with Gasteiger partial charge in [0.1, 0.15) is 0 Å². The van der Waals surface area contributed by atoms with Crippen LogP contribution in [0.25, 0.3) is 0 Å². The van der Waals surface area contributed by atoms with E-state index in [1.54, 1.807) is 0 Å². The van der Waals surface area contributed by atoms with Crippen LogP contribution in [0.2, 0.25) is 0 Å². The third-order valence-electron chi connectivity index (χ3n) is 4.51. The molecule has 3 fully saturated rings. The minimum atomic E-state index is -0.728. The number of nitrogens with one attached hydrogen (secondary N) is 1. The number of urea groups is 1. The monoisotopic (exact) mass is 266 g/mol. The molecule has 2 amide bonds. The number of hydrogen-bond acceptors (Lipinski definition) is 2. The summed E-state index contributed by atoms with van der Waals surface area (Å²) in [7, 11) is 0. The van der Waals surface area contributed by atoms with Gasteiger partial charge in [-0.1, -0.05) is 0 Å². The van der Waals surface area contributed by atoms with E-state index in [0.29, 0.717) is 24.8 Å². The number of hydrogen-bond donors (Lipinski definition) is 2. The topological polar surface area (TPSA) is 69.6 Å². The van der Waals surface area contributed by atoms with Crippen molar-refractivity contribution in [2.24, 2.45) is 11.8 Å². The molecular formula is C14H22N2O3. The number of rotatable bonds is 5. The van der Waals surface area contributed by atoms with Crippen LogP contribution in [0, 0.1) is 11.8 Å². The van der Waals surface area contributed by atoms with Gasteiger partial charge in [0.25, 0.3) is 0 Å². The average molecular weight is 266 g/mol. The zero-order chi connectivity index (χ0) is 13.4. The van der Waals surface area contributed by atoms with Gasteiger partial charge in [-0.3, -0.25) is 4.79 Å². The van der Waals surface area contributed by atoms with Gasteiger partial charge in [-0.05, 0) is 50.9 Å². The molecule has 3 aliphatic carbocycles.